The van der Waals surface area contributed by atoms with E-state index in [4.69, 9.17) is 23.2 Å². The Bertz CT molecular complexity index is 620. The molecule has 0 amide bonds. The van der Waals surface area contributed by atoms with E-state index in [0.29, 0.717) is 22.3 Å². The van der Waals surface area contributed by atoms with Gasteiger partial charge >= 0.3 is 0 Å². The summed E-state index contributed by atoms with van der Waals surface area (Å²) in [6.07, 6.45) is 1.42. The van der Waals surface area contributed by atoms with Crippen LogP contribution in [0.2, 0.25) is 10.0 Å². The maximum atomic E-state index is 13.9. The molecule has 0 saturated heterocycles. The highest BCUT2D eigenvalue weighted by molar-refractivity contribution is 6.34. The van der Waals surface area contributed by atoms with Crippen molar-refractivity contribution in [1.29, 1.82) is 0 Å². The Morgan fingerprint density at radius 3 is 2.65 bits per heavy atom. The van der Waals surface area contributed by atoms with Crippen LogP contribution in [0, 0.1) is 11.6 Å². The molecule has 20 heavy (non-hydrogen) atoms. The van der Waals surface area contributed by atoms with Gasteiger partial charge in [-0.3, -0.25) is 4.98 Å². The van der Waals surface area contributed by atoms with E-state index < -0.39 is 17.7 Å². The molecule has 1 heterocycles. The molecule has 1 atom stereocenters. The molecule has 0 aliphatic rings. The zero-order valence-corrected chi connectivity index (χ0v) is 12.1. The summed E-state index contributed by atoms with van der Waals surface area (Å²) >= 11 is 11.9. The van der Waals surface area contributed by atoms with Crippen molar-refractivity contribution in [1.82, 2.24) is 10.3 Å². The van der Waals surface area contributed by atoms with Crippen LogP contribution in [0.15, 0.2) is 30.5 Å². The molecule has 1 aromatic heterocycles. The van der Waals surface area contributed by atoms with Gasteiger partial charge in [0.1, 0.15) is 11.6 Å². The zero-order valence-electron chi connectivity index (χ0n) is 10.6. The van der Waals surface area contributed by atoms with Crippen molar-refractivity contribution in [2.75, 3.05) is 6.54 Å². The van der Waals surface area contributed by atoms with E-state index >= 15 is 0 Å². The minimum atomic E-state index is -0.638. The first kappa shape index (κ1) is 15.2. The van der Waals surface area contributed by atoms with Gasteiger partial charge in [-0.2, -0.15) is 0 Å². The molecule has 2 aromatic rings. The highest BCUT2D eigenvalue weighted by atomic mass is 35.5. The first-order chi connectivity index (χ1) is 9.52. The Balaban J connectivity index is 2.53. The van der Waals surface area contributed by atoms with Gasteiger partial charge in [-0.25, -0.2) is 8.78 Å². The number of hydrogen-bond donors (Lipinski definition) is 1. The van der Waals surface area contributed by atoms with Crippen LogP contribution in [0.3, 0.4) is 0 Å². The van der Waals surface area contributed by atoms with Crippen LogP contribution in [0.4, 0.5) is 8.78 Å². The van der Waals surface area contributed by atoms with Crippen molar-refractivity contribution in [3.8, 4) is 0 Å². The van der Waals surface area contributed by atoms with E-state index in [1.165, 1.54) is 12.3 Å². The second-order valence-electron chi connectivity index (χ2n) is 4.18. The van der Waals surface area contributed by atoms with Crippen LogP contribution >= 0.6 is 23.2 Å². The summed E-state index contributed by atoms with van der Waals surface area (Å²) in [5, 5.41) is 3.73. The molecule has 2 rings (SSSR count). The van der Waals surface area contributed by atoms with Crippen LogP contribution in [0.1, 0.15) is 24.2 Å². The van der Waals surface area contributed by atoms with Gasteiger partial charge in [0, 0.05) is 11.8 Å². The van der Waals surface area contributed by atoms with Crippen molar-refractivity contribution >= 4 is 23.2 Å². The molecular weight excluding hydrogens is 305 g/mol. The molecule has 0 bridgehead atoms. The van der Waals surface area contributed by atoms with E-state index in [1.807, 2.05) is 6.92 Å². The van der Waals surface area contributed by atoms with Crippen LogP contribution < -0.4 is 5.32 Å². The van der Waals surface area contributed by atoms with Gasteiger partial charge in [-0.1, -0.05) is 30.1 Å². The van der Waals surface area contributed by atoms with E-state index in [9.17, 15) is 8.78 Å². The number of halogens is 4. The predicted molar refractivity (Wildman–Crippen MR) is 76.1 cm³/mol. The van der Waals surface area contributed by atoms with E-state index in [-0.39, 0.29) is 5.56 Å². The standard InChI is InChI=1S/C14H12Cl2F2N2/c1-2-19-13(10-6-9(17)3-4-12(10)18)14-11(16)5-8(15)7-20-14/h3-7,13,19H,2H2,1H3. The lowest BCUT2D eigenvalue weighted by atomic mass is 10.0. The molecule has 6 heteroatoms. The maximum absolute atomic E-state index is 13.9. The summed E-state index contributed by atoms with van der Waals surface area (Å²) in [6, 6.07) is 4.17. The molecule has 2 nitrogen and oxygen atoms in total. The Labute approximate surface area is 125 Å². The fourth-order valence-electron chi connectivity index (χ4n) is 1.93. The van der Waals surface area contributed by atoms with Gasteiger partial charge in [0.15, 0.2) is 0 Å². The Morgan fingerprint density at radius 2 is 2.00 bits per heavy atom. The Kier molecular flexibility index (Phi) is 4.91. The molecule has 1 aromatic carbocycles. The number of hydrogen-bond acceptors (Lipinski definition) is 2. The fourth-order valence-corrected chi connectivity index (χ4v) is 2.42. The summed E-state index contributed by atoms with van der Waals surface area (Å²) in [5.74, 6) is -1.04. The van der Waals surface area contributed by atoms with E-state index in [1.54, 1.807) is 0 Å². The molecule has 1 unspecified atom stereocenters. The molecule has 0 fully saturated rings. The molecular formula is C14H12Cl2F2N2. The average molecular weight is 317 g/mol. The van der Waals surface area contributed by atoms with Gasteiger partial charge in [0.05, 0.1) is 21.8 Å². The lowest BCUT2D eigenvalue weighted by Gasteiger charge is -2.19. The number of nitrogens with one attached hydrogen (secondary N) is 1. The summed E-state index contributed by atoms with van der Waals surface area (Å²) in [4.78, 5) is 4.13. The molecule has 0 radical (unpaired) electrons. The molecule has 0 aliphatic carbocycles. The van der Waals surface area contributed by atoms with Gasteiger partial charge in [-0.15, -0.1) is 0 Å². The number of pyridine rings is 1. The maximum Gasteiger partial charge on any atom is 0.128 e. The third kappa shape index (κ3) is 3.26. The number of rotatable bonds is 4. The van der Waals surface area contributed by atoms with Crippen molar-refractivity contribution in [2.24, 2.45) is 0 Å². The third-order valence-electron chi connectivity index (χ3n) is 2.79. The summed E-state index contributed by atoms with van der Waals surface area (Å²) < 4.78 is 27.3. The first-order valence-corrected chi connectivity index (χ1v) is 6.77. The third-order valence-corrected chi connectivity index (χ3v) is 3.30. The van der Waals surface area contributed by atoms with Gasteiger partial charge in [0.2, 0.25) is 0 Å². The Morgan fingerprint density at radius 1 is 1.25 bits per heavy atom. The minimum Gasteiger partial charge on any atom is -0.305 e. The number of benzene rings is 1. The van der Waals surface area contributed by atoms with Crippen molar-refractivity contribution in [3.05, 3.63) is 63.4 Å². The second-order valence-corrected chi connectivity index (χ2v) is 5.02. The van der Waals surface area contributed by atoms with Gasteiger partial charge in [-0.05, 0) is 30.8 Å². The lowest BCUT2D eigenvalue weighted by molar-refractivity contribution is 0.539. The highest BCUT2D eigenvalue weighted by Gasteiger charge is 2.21. The van der Waals surface area contributed by atoms with Crippen LogP contribution in [-0.4, -0.2) is 11.5 Å². The SMILES string of the molecule is CCNC(c1cc(F)ccc1F)c1ncc(Cl)cc1Cl. The minimum absolute atomic E-state index is 0.156. The van der Waals surface area contributed by atoms with Crippen molar-refractivity contribution in [3.63, 3.8) is 0 Å². The average Bonchev–Trinajstić information content (AvgIpc) is 2.40. The second kappa shape index (κ2) is 6.48. The van der Waals surface area contributed by atoms with Crippen molar-refractivity contribution in [2.45, 2.75) is 13.0 Å². The van der Waals surface area contributed by atoms with Gasteiger partial charge in [0.25, 0.3) is 0 Å². The molecule has 0 saturated carbocycles. The molecule has 1 N–H and O–H groups in total. The summed E-state index contributed by atoms with van der Waals surface area (Å²) in [7, 11) is 0. The number of aromatic nitrogens is 1. The quantitative estimate of drug-likeness (QED) is 0.906. The smallest absolute Gasteiger partial charge is 0.128 e. The lowest BCUT2D eigenvalue weighted by Crippen LogP contribution is -2.24. The summed E-state index contributed by atoms with van der Waals surface area (Å²) in [5.41, 5.74) is 0.561. The summed E-state index contributed by atoms with van der Waals surface area (Å²) in [6.45, 7) is 2.40. The first-order valence-electron chi connectivity index (χ1n) is 6.02. The number of nitrogens with zero attached hydrogens (tertiary/aromatic N) is 1. The largest absolute Gasteiger partial charge is 0.305 e. The normalized spacial score (nSPS) is 12.4. The van der Waals surface area contributed by atoms with Crippen LogP contribution in [0.5, 0.6) is 0 Å². The zero-order chi connectivity index (χ0) is 14.7. The predicted octanol–water partition coefficient (Wildman–Crippen LogP) is 4.37. The van der Waals surface area contributed by atoms with Crippen LogP contribution in [-0.2, 0) is 0 Å². The van der Waals surface area contributed by atoms with E-state index in [0.717, 1.165) is 18.2 Å². The van der Waals surface area contributed by atoms with Gasteiger partial charge < -0.3 is 5.32 Å². The topological polar surface area (TPSA) is 24.9 Å². The molecule has 0 spiro atoms. The van der Waals surface area contributed by atoms with E-state index in [2.05, 4.69) is 10.3 Å². The fraction of sp³-hybridized carbons (Fsp3) is 0.214. The molecule has 0 aliphatic heterocycles. The van der Waals surface area contributed by atoms with Crippen molar-refractivity contribution < 1.29 is 8.78 Å². The monoisotopic (exact) mass is 316 g/mol. The van der Waals surface area contributed by atoms with Crippen LogP contribution in [0.25, 0.3) is 0 Å². The Hall–Kier alpha value is -1.23. The molecule has 106 valence electrons. The highest BCUT2D eigenvalue weighted by Crippen LogP contribution is 2.30.